The molecule has 1 aromatic carbocycles. The first-order chi connectivity index (χ1) is 9.63. The second-order valence-electron chi connectivity index (χ2n) is 4.39. The zero-order valence-electron chi connectivity index (χ0n) is 11.2. The Kier molecular flexibility index (Phi) is 4.68. The summed E-state index contributed by atoms with van der Waals surface area (Å²) < 4.78 is 1.58. The molecule has 0 saturated heterocycles. The van der Waals surface area contributed by atoms with Crippen LogP contribution in [0.4, 0.5) is 5.82 Å². The first-order valence-electron chi connectivity index (χ1n) is 6.31. The Morgan fingerprint density at radius 3 is 2.65 bits per heavy atom. The number of anilines is 1. The van der Waals surface area contributed by atoms with E-state index in [1.165, 1.54) is 17.3 Å². The summed E-state index contributed by atoms with van der Waals surface area (Å²) in [6.45, 7) is 0.613. The van der Waals surface area contributed by atoms with Crippen LogP contribution >= 0.6 is 11.8 Å². The molecule has 0 amide bonds. The van der Waals surface area contributed by atoms with E-state index in [0.717, 1.165) is 12.8 Å². The van der Waals surface area contributed by atoms with Gasteiger partial charge in [0.15, 0.2) is 0 Å². The average Bonchev–Trinajstić information content (AvgIpc) is 2.77. The van der Waals surface area contributed by atoms with Gasteiger partial charge in [-0.25, -0.2) is 9.48 Å². The van der Waals surface area contributed by atoms with Crippen LogP contribution in [0.25, 0.3) is 0 Å². The van der Waals surface area contributed by atoms with Crippen LogP contribution in [0, 0.1) is 0 Å². The van der Waals surface area contributed by atoms with E-state index in [1.54, 1.807) is 10.9 Å². The Labute approximate surface area is 121 Å². The SMILES string of the molecule is CSc1nn(CCCc2ccccc2)c(N)c1C(=O)O. The second kappa shape index (κ2) is 6.47. The van der Waals surface area contributed by atoms with Gasteiger partial charge in [-0.1, -0.05) is 30.3 Å². The minimum absolute atomic E-state index is 0.109. The molecule has 0 spiro atoms. The third-order valence-corrected chi connectivity index (χ3v) is 3.72. The topological polar surface area (TPSA) is 81.1 Å². The molecule has 0 atom stereocenters. The number of carboxylic acids is 1. The molecule has 0 bridgehead atoms. The predicted molar refractivity (Wildman–Crippen MR) is 80.1 cm³/mol. The largest absolute Gasteiger partial charge is 0.477 e. The van der Waals surface area contributed by atoms with Gasteiger partial charge in [0.2, 0.25) is 0 Å². The van der Waals surface area contributed by atoms with Crippen molar-refractivity contribution in [1.29, 1.82) is 0 Å². The molecule has 0 aliphatic rings. The number of carbonyl (C=O) groups is 1. The fourth-order valence-electron chi connectivity index (χ4n) is 2.04. The molecular weight excluding hydrogens is 274 g/mol. The smallest absolute Gasteiger partial charge is 0.342 e. The van der Waals surface area contributed by atoms with Crippen molar-refractivity contribution >= 4 is 23.5 Å². The number of aromatic carboxylic acids is 1. The number of nitrogens with two attached hydrogens (primary N) is 1. The minimum atomic E-state index is -1.03. The van der Waals surface area contributed by atoms with E-state index in [4.69, 9.17) is 10.8 Å². The van der Waals surface area contributed by atoms with E-state index in [0.29, 0.717) is 11.6 Å². The van der Waals surface area contributed by atoms with E-state index in [2.05, 4.69) is 17.2 Å². The number of aromatic nitrogens is 2. The molecule has 5 nitrogen and oxygen atoms in total. The molecule has 3 N–H and O–H groups in total. The number of thioether (sulfide) groups is 1. The van der Waals surface area contributed by atoms with E-state index >= 15 is 0 Å². The van der Waals surface area contributed by atoms with Crippen molar-refractivity contribution in [2.45, 2.75) is 24.4 Å². The number of rotatable bonds is 6. The Balaban J connectivity index is 2.05. The molecule has 0 saturated carbocycles. The van der Waals surface area contributed by atoms with Crippen LogP contribution in [0.1, 0.15) is 22.3 Å². The first kappa shape index (κ1) is 14.5. The maximum Gasteiger partial charge on any atom is 0.342 e. The lowest BCUT2D eigenvalue weighted by Crippen LogP contribution is -2.08. The van der Waals surface area contributed by atoms with Gasteiger partial charge in [-0.2, -0.15) is 5.10 Å². The zero-order valence-corrected chi connectivity index (χ0v) is 12.1. The monoisotopic (exact) mass is 291 g/mol. The number of hydrogen-bond donors (Lipinski definition) is 2. The molecule has 106 valence electrons. The van der Waals surface area contributed by atoms with Crippen LogP contribution in [-0.4, -0.2) is 27.1 Å². The van der Waals surface area contributed by atoms with Crippen molar-refractivity contribution < 1.29 is 9.90 Å². The molecule has 0 aliphatic heterocycles. The Hall–Kier alpha value is -1.95. The summed E-state index contributed by atoms with van der Waals surface area (Å²) in [5.41, 5.74) is 7.23. The third kappa shape index (κ3) is 3.14. The van der Waals surface area contributed by atoms with Gasteiger partial charge in [0.1, 0.15) is 16.4 Å². The van der Waals surface area contributed by atoms with Gasteiger partial charge < -0.3 is 10.8 Å². The van der Waals surface area contributed by atoms with Gasteiger partial charge in [-0.15, -0.1) is 11.8 Å². The predicted octanol–water partition coefficient (Wildman–Crippen LogP) is 2.52. The van der Waals surface area contributed by atoms with E-state index in [-0.39, 0.29) is 11.4 Å². The molecule has 0 unspecified atom stereocenters. The highest BCUT2D eigenvalue weighted by atomic mass is 32.2. The summed E-state index contributed by atoms with van der Waals surface area (Å²) in [5, 5.41) is 13.9. The molecule has 2 rings (SSSR count). The highest BCUT2D eigenvalue weighted by Gasteiger charge is 2.20. The molecule has 1 aromatic heterocycles. The summed E-state index contributed by atoms with van der Waals surface area (Å²) in [7, 11) is 0. The summed E-state index contributed by atoms with van der Waals surface area (Å²) >= 11 is 1.30. The quantitative estimate of drug-likeness (QED) is 0.799. The zero-order chi connectivity index (χ0) is 14.5. The van der Waals surface area contributed by atoms with Crippen LogP contribution in [0.15, 0.2) is 35.4 Å². The fourth-order valence-corrected chi connectivity index (χ4v) is 2.62. The number of nitrogen functional groups attached to an aromatic ring is 1. The van der Waals surface area contributed by atoms with Gasteiger partial charge in [0.05, 0.1) is 0 Å². The summed E-state index contributed by atoms with van der Waals surface area (Å²) in [6, 6.07) is 10.1. The Morgan fingerprint density at radius 2 is 2.10 bits per heavy atom. The standard InChI is InChI=1S/C14H17N3O2S/c1-20-13-11(14(18)19)12(15)17(16-13)9-5-8-10-6-3-2-4-7-10/h2-4,6-7H,5,8-9,15H2,1H3,(H,18,19). The maximum absolute atomic E-state index is 11.2. The number of carboxylic acid groups (broad SMARTS) is 1. The van der Waals surface area contributed by atoms with Crippen LogP contribution < -0.4 is 5.73 Å². The number of hydrogen-bond acceptors (Lipinski definition) is 4. The van der Waals surface area contributed by atoms with E-state index in [9.17, 15) is 4.79 Å². The minimum Gasteiger partial charge on any atom is -0.477 e. The van der Waals surface area contributed by atoms with Crippen molar-refractivity contribution in [1.82, 2.24) is 9.78 Å². The van der Waals surface area contributed by atoms with Crippen LogP contribution in [0.3, 0.4) is 0 Å². The maximum atomic E-state index is 11.2. The van der Waals surface area contributed by atoms with Gasteiger partial charge in [-0.3, -0.25) is 0 Å². The van der Waals surface area contributed by atoms with Crippen molar-refractivity contribution in [3.63, 3.8) is 0 Å². The van der Waals surface area contributed by atoms with Crippen LogP contribution in [0.5, 0.6) is 0 Å². The first-order valence-corrected chi connectivity index (χ1v) is 7.53. The van der Waals surface area contributed by atoms with E-state index < -0.39 is 5.97 Å². The van der Waals surface area contributed by atoms with Gasteiger partial charge in [0.25, 0.3) is 0 Å². The number of benzene rings is 1. The normalized spacial score (nSPS) is 10.7. The molecule has 6 heteroatoms. The summed E-state index contributed by atoms with van der Waals surface area (Å²) in [4.78, 5) is 11.2. The lowest BCUT2D eigenvalue weighted by molar-refractivity contribution is 0.0694. The van der Waals surface area contributed by atoms with Gasteiger partial charge in [-0.05, 0) is 24.7 Å². The summed E-state index contributed by atoms with van der Waals surface area (Å²) in [5.74, 6) is -0.795. The number of aryl methyl sites for hydroxylation is 2. The molecule has 0 fully saturated rings. The van der Waals surface area contributed by atoms with E-state index in [1.807, 2.05) is 18.2 Å². The molecule has 0 aliphatic carbocycles. The Bertz CT molecular complexity index is 596. The lowest BCUT2D eigenvalue weighted by Gasteiger charge is -2.04. The van der Waals surface area contributed by atoms with Crippen molar-refractivity contribution in [2.75, 3.05) is 12.0 Å². The Morgan fingerprint density at radius 1 is 1.40 bits per heavy atom. The highest BCUT2D eigenvalue weighted by Crippen LogP contribution is 2.25. The van der Waals surface area contributed by atoms with Gasteiger partial charge >= 0.3 is 5.97 Å². The lowest BCUT2D eigenvalue weighted by atomic mass is 10.1. The molecule has 1 heterocycles. The molecule has 2 aromatic rings. The third-order valence-electron chi connectivity index (χ3n) is 3.05. The molecule has 0 radical (unpaired) electrons. The highest BCUT2D eigenvalue weighted by molar-refractivity contribution is 7.98. The van der Waals surface area contributed by atoms with Gasteiger partial charge in [0, 0.05) is 6.54 Å². The molecular formula is C14H17N3O2S. The van der Waals surface area contributed by atoms with Crippen LogP contribution in [0.2, 0.25) is 0 Å². The summed E-state index contributed by atoms with van der Waals surface area (Å²) in [6.07, 6.45) is 3.57. The second-order valence-corrected chi connectivity index (χ2v) is 5.18. The molecule has 20 heavy (non-hydrogen) atoms. The van der Waals surface area contributed by atoms with Crippen molar-refractivity contribution in [3.8, 4) is 0 Å². The fraction of sp³-hybridized carbons (Fsp3) is 0.286. The van der Waals surface area contributed by atoms with Crippen LogP contribution in [-0.2, 0) is 13.0 Å². The average molecular weight is 291 g/mol. The van der Waals surface area contributed by atoms with Crippen molar-refractivity contribution in [3.05, 3.63) is 41.5 Å². The van der Waals surface area contributed by atoms with Crippen molar-refractivity contribution in [2.24, 2.45) is 0 Å². The number of nitrogens with zero attached hydrogens (tertiary/aromatic N) is 2.